The molecular formula is C19H28N6O3. The smallest absolute Gasteiger partial charge is 0.328 e. The van der Waals surface area contributed by atoms with Gasteiger partial charge in [0.25, 0.3) is 0 Å². The Morgan fingerprint density at radius 1 is 0.929 bits per heavy atom. The lowest BCUT2D eigenvalue weighted by atomic mass is 9.93. The van der Waals surface area contributed by atoms with Gasteiger partial charge in [0, 0.05) is 19.1 Å². The molecule has 1 aromatic carbocycles. The molecule has 0 spiro atoms. The highest BCUT2D eigenvalue weighted by Gasteiger charge is 2.19. The number of benzene rings is 1. The van der Waals surface area contributed by atoms with Crippen molar-refractivity contribution in [2.75, 3.05) is 50.2 Å². The number of nitrogens with two attached hydrogens (primary N) is 1. The Morgan fingerprint density at radius 2 is 1.68 bits per heavy atom. The summed E-state index contributed by atoms with van der Waals surface area (Å²) in [6.45, 7) is 3.20. The minimum atomic E-state index is 0.252. The standard InChI is InChI=1S/C19H28N6O3/c20-9-11-26-13-14-27-12-10-21-17-23-18(22-15-5-4-6-15)25-19(24-17)28-16-7-2-1-3-8-16/h1-3,7-8,15H,4-6,9-14,20H2,(H2,21,22,23,24,25). The van der Waals surface area contributed by atoms with Gasteiger partial charge in [0.2, 0.25) is 11.9 Å². The average molecular weight is 388 g/mol. The Kier molecular flexibility index (Phi) is 8.23. The van der Waals surface area contributed by atoms with Crippen LogP contribution in [0, 0.1) is 0 Å². The second-order valence-electron chi connectivity index (χ2n) is 6.39. The first-order valence-electron chi connectivity index (χ1n) is 9.68. The van der Waals surface area contributed by atoms with Crippen molar-refractivity contribution in [1.82, 2.24) is 15.0 Å². The minimum Gasteiger partial charge on any atom is -0.424 e. The first-order chi connectivity index (χ1) is 13.8. The van der Waals surface area contributed by atoms with Gasteiger partial charge in [-0.2, -0.15) is 15.0 Å². The van der Waals surface area contributed by atoms with Gasteiger partial charge in [0.15, 0.2) is 0 Å². The van der Waals surface area contributed by atoms with E-state index in [0.717, 1.165) is 12.8 Å². The largest absolute Gasteiger partial charge is 0.424 e. The van der Waals surface area contributed by atoms with Crippen LogP contribution in [0.15, 0.2) is 30.3 Å². The molecule has 1 aliphatic carbocycles. The molecule has 3 rings (SSSR count). The van der Waals surface area contributed by atoms with Gasteiger partial charge in [-0.15, -0.1) is 0 Å². The molecule has 4 N–H and O–H groups in total. The number of hydrogen-bond acceptors (Lipinski definition) is 9. The second kappa shape index (κ2) is 11.4. The third-order valence-corrected chi connectivity index (χ3v) is 4.17. The van der Waals surface area contributed by atoms with Crippen LogP contribution >= 0.6 is 0 Å². The van der Waals surface area contributed by atoms with E-state index in [1.54, 1.807) is 0 Å². The zero-order valence-corrected chi connectivity index (χ0v) is 16.0. The zero-order chi connectivity index (χ0) is 19.4. The number of anilines is 2. The van der Waals surface area contributed by atoms with Crippen molar-refractivity contribution in [1.29, 1.82) is 0 Å². The quantitative estimate of drug-likeness (QED) is 0.443. The number of hydrogen-bond donors (Lipinski definition) is 3. The molecule has 0 atom stereocenters. The molecule has 1 heterocycles. The van der Waals surface area contributed by atoms with Gasteiger partial charge < -0.3 is 30.6 Å². The number of aromatic nitrogens is 3. The number of ether oxygens (including phenoxy) is 3. The van der Waals surface area contributed by atoms with Crippen LogP contribution in [0.3, 0.4) is 0 Å². The fraction of sp³-hybridized carbons (Fsp3) is 0.526. The van der Waals surface area contributed by atoms with Crippen LogP contribution in [0.4, 0.5) is 11.9 Å². The highest BCUT2D eigenvalue weighted by molar-refractivity contribution is 5.38. The molecule has 9 heteroatoms. The fourth-order valence-electron chi connectivity index (χ4n) is 2.52. The van der Waals surface area contributed by atoms with Gasteiger partial charge in [-0.1, -0.05) is 18.2 Å². The molecule has 0 aliphatic heterocycles. The Morgan fingerprint density at radius 3 is 2.39 bits per heavy atom. The number of para-hydroxylation sites is 1. The number of nitrogens with one attached hydrogen (secondary N) is 2. The second-order valence-corrected chi connectivity index (χ2v) is 6.39. The summed E-state index contributed by atoms with van der Waals surface area (Å²) in [7, 11) is 0. The summed E-state index contributed by atoms with van der Waals surface area (Å²) in [6.07, 6.45) is 3.49. The predicted octanol–water partition coefficient (Wildman–Crippen LogP) is 2.03. The fourth-order valence-corrected chi connectivity index (χ4v) is 2.52. The molecule has 1 fully saturated rings. The van der Waals surface area contributed by atoms with Crippen LogP contribution in [0.5, 0.6) is 11.8 Å². The van der Waals surface area contributed by atoms with Crippen molar-refractivity contribution >= 4 is 11.9 Å². The van der Waals surface area contributed by atoms with Gasteiger partial charge in [0.1, 0.15) is 5.75 Å². The van der Waals surface area contributed by atoms with Crippen LogP contribution in [0.2, 0.25) is 0 Å². The van der Waals surface area contributed by atoms with E-state index >= 15 is 0 Å². The Hall–Kier alpha value is -2.49. The lowest BCUT2D eigenvalue weighted by molar-refractivity contribution is 0.0547. The lowest BCUT2D eigenvalue weighted by Crippen LogP contribution is -2.28. The molecule has 0 radical (unpaired) electrons. The van der Waals surface area contributed by atoms with Crippen LogP contribution in [0.25, 0.3) is 0 Å². The molecule has 1 aromatic heterocycles. The van der Waals surface area contributed by atoms with Crippen molar-refractivity contribution in [2.45, 2.75) is 25.3 Å². The van der Waals surface area contributed by atoms with Crippen molar-refractivity contribution in [3.63, 3.8) is 0 Å². The SMILES string of the molecule is NCCOCCOCCNc1nc(NC2CCC2)nc(Oc2ccccc2)n1. The highest BCUT2D eigenvalue weighted by Crippen LogP contribution is 2.24. The van der Waals surface area contributed by atoms with Crippen LogP contribution in [-0.4, -0.2) is 60.5 Å². The van der Waals surface area contributed by atoms with Gasteiger partial charge in [-0.3, -0.25) is 0 Å². The van der Waals surface area contributed by atoms with Crippen LogP contribution < -0.4 is 21.1 Å². The van der Waals surface area contributed by atoms with Crippen molar-refractivity contribution in [3.8, 4) is 11.8 Å². The molecular weight excluding hydrogens is 360 g/mol. The molecule has 152 valence electrons. The topological polar surface area (TPSA) is 116 Å². The van der Waals surface area contributed by atoms with Crippen LogP contribution in [0.1, 0.15) is 19.3 Å². The molecule has 0 bridgehead atoms. The third kappa shape index (κ3) is 6.91. The predicted molar refractivity (Wildman–Crippen MR) is 107 cm³/mol. The van der Waals surface area contributed by atoms with E-state index in [0.29, 0.717) is 63.2 Å². The first-order valence-corrected chi connectivity index (χ1v) is 9.68. The monoisotopic (exact) mass is 388 g/mol. The highest BCUT2D eigenvalue weighted by atomic mass is 16.5. The van der Waals surface area contributed by atoms with E-state index < -0.39 is 0 Å². The number of rotatable bonds is 13. The summed E-state index contributed by atoms with van der Waals surface area (Å²) in [5.41, 5.74) is 5.36. The van der Waals surface area contributed by atoms with Crippen LogP contribution in [-0.2, 0) is 9.47 Å². The van der Waals surface area contributed by atoms with E-state index in [1.807, 2.05) is 30.3 Å². The molecule has 1 aliphatic rings. The molecule has 2 aromatic rings. The van der Waals surface area contributed by atoms with E-state index in [1.165, 1.54) is 6.42 Å². The third-order valence-electron chi connectivity index (χ3n) is 4.17. The van der Waals surface area contributed by atoms with E-state index in [-0.39, 0.29) is 6.01 Å². The van der Waals surface area contributed by atoms with Crippen molar-refractivity contribution in [2.24, 2.45) is 5.73 Å². The van der Waals surface area contributed by atoms with Crippen molar-refractivity contribution in [3.05, 3.63) is 30.3 Å². The van der Waals surface area contributed by atoms with E-state index in [2.05, 4.69) is 25.6 Å². The first kappa shape index (κ1) is 20.2. The maximum atomic E-state index is 5.78. The maximum absolute atomic E-state index is 5.78. The minimum absolute atomic E-state index is 0.252. The molecule has 0 saturated heterocycles. The lowest BCUT2D eigenvalue weighted by Gasteiger charge is -2.26. The summed E-state index contributed by atoms with van der Waals surface area (Å²) >= 11 is 0. The molecule has 1 saturated carbocycles. The molecule has 0 amide bonds. The summed E-state index contributed by atoms with van der Waals surface area (Å²) < 4.78 is 16.5. The molecule has 28 heavy (non-hydrogen) atoms. The Balaban J connectivity index is 1.52. The normalized spacial score (nSPS) is 13.8. The Labute approximate surface area is 165 Å². The summed E-state index contributed by atoms with van der Waals surface area (Å²) in [5, 5.41) is 6.49. The van der Waals surface area contributed by atoms with E-state index in [9.17, 15) is 0 Å². The summed E-state index contributed by atoms with van der Waals surface area (Å²) in [6, 6.07) is 10.1. The molecule has 9 nitrogen and oxygen atoms in total. The number of nitrogens with zero attached hydrogens (tertiary/aromatic N) is 3. The average Bonchev–Trinajstić information content (AvgIpc) is 2.68. The summed E-state index contributed by atoms with van der Waals surface area (Å²) in [5.74, 6) is 1.64. The maximum Gasteiger partial charge on any atom is 0.328 e. The van der Waals surface area contributed by atoms with Gasteiger partial charge in [-0.05, 0) is 31.4 Å². The van der Waals surface area contributed by atoms with Gasteiger partial charge in [0.05, 0.1) is 26.4 Å². The van der Waals surface area contributed by atoms with Gasteiger partial charge in [-0.25, -0.2) is 0 Å². The van der Waals surface area contributed by atoms with E-state index in [4.69, 9.17) is 19.9 Å². The van der Waals surface area contributed by atoms with Crippen molar-refractivity contribution < 1.29 is 14.2 Å². The molecule has 0 unspecified atom stereocenters. The van der Waals surface area contributed by atoms with Gasteiger partial charge >= 0.3 is 6.01 Å². The zero-order valence-electron chi connectivity index (χ0n) is 16.0. The Bertz CT molecular complexity index is 699. The summed E-state index contributed by atoms with van der Waals surface area (Å²) in [4.78, 5) is 13.2.